The van der Waals surface area contributed by atoms with Crippen molar-refractivity contribution >= 4 is 5.82 Å². The van der Waals surface area contributed by atoms with Gasteiger partial charge in [0.05, 0.1) is 0 Å². The van der Waals surface area contributed by atoms with Crippen LogP contribution in [0.1, 0.15) is 63.2 Å². The van der Waals surface area contributed by atoms with E-state index in [1.54, 1.807) is 0 Å². The average Bonchev–Trinajstić information content (AvgIpc) is 2.90. The molecule has 1 heterocycles. The highest BCUT2D eigenvalue weighted by molar-refractivity contribution is 5.49. The molecule has 1 atom stereocenters. The summed E-state index contributed by atoms with van der Waals surface area (Å²) in [5.74, 6) is 1.89. The molecule has 1 aliphatic carbocycles. The Balaban J connectivity index is 2.29. The van der Waals surface area contributed by atoms with Crippen molar-refractivity contribution in [1.82, 2.24) is 9.97 Å². The van der Waals surface area contributed by atoms with E-state index in [0.29, 0.717) is 6.61 Å². The van der Waals surface area contributed by atoms with Gasteiger partial charge in [0, 0.05) is 24.4 Å². The summed E-state index contributed by atoms with van der Waals surface area (Å²) in [6, 6.07) is 0. The highest BCUT2D eigenvalue weighted by Crippen LogP contribution is 2.29. The molecule has 0 bridgehead atoms. The second-order valence-corrected chi connectivity index (χ2v) is 4.99. The molecule has 1 N–H and O–H groups in total. The third-order valence-corrected chi connectivity index (χ3v) is 3.52. The lowest BCUT2D eigenvalue weighted by atomic mass is 10.2. The Morgan fingerprint density at radius 3 is 2.74 bits per heavy atom. The van der Waals surface area contributed by atoms with E-state index in [4.69, 9.17) is 14.7 Å². The molecular weight excluding hydrogens is 238 g/mol. The summed E-state index contributed by atoms with van der Waals surface area (Å²) in [5, 5.41) is 3.45. The zero-order valence-corrected chi connectivity index (χ0v) is 12.3. The van der Waals surface area contributed by atoms with Gasteiger partial charge in [-0.05, 0) is 39.0 Å². The summed E-state index contributed by atoms with van der Waals surface area (Å²) in [6.45, 7) is 7.98. The van der Waals surface area contributed by atoms with Crippen molar-refractivity contribution in [2.75, 3.05) is 18.5 Å². The van der Waals surface area contributed by atoms with Gasteiger partial charge in [-0.15, -0.1) is 0 Å². The van der Waals surface area contributed by atoms with Crippen molar-refractivity contribution in [3.8, 4) is 0 Å². The molecule has 4 nitrogen and oxygen atoms in total. The highest BCUT2D eigenvalue weighted by Gasteiger charge is 2.22. The van der Waals surface area contributed by atoms with Gasteiger partial charge in [0.1, 0.15) is 11.9 Å². The Morgan fingerprint density at radius 1 is 1.21 bits per heavy atom. The molecule has 1 aromatic heterocycles. The van der Waals surface area contributed by atoms with Crippen LogP contribution in [0.2, 0.25) is 0 Å². The molecule has 2 rings (SSSR count). The van der Waals surface area contributed by atoms with Crippen LogP contribution in [0.4, 0.5) is 5.82 Å². The fourth-order valence-corrected chi connectivity index (χ4v) is 2.56. The first-order valence-corrected chi connectivity index (χ1v) is 7.55. The smallest absolute Gasteiger partial charge is 0.159 e. The summed E-state index contributed by atoms with van der Waals surface area (Å²) >= 11 is 0. The van der Waals surface area contributed by atoms with E-state index in [1.807, 2.05) is 6.92 Å². The largest absolute Gasteiger partial charge is 0.371 e. The summed E-state index contributed by atoms with van der Waals surface area (Å²) < 4.78 is 5.74. The van der Waals surface area contributed by atoms with E-state index >= 15 is 0 Å². The number of nitrogens with one attached hydrogen (secondary N) is 1. The number of ether oxygens (including phenoxy) is 1. The summed E-state index contributed by atoms with van der Waals surface area (Å²) in [5.41, 5.74) is 2.55. The highest BCUT2D eigenvalue weighted by atomic mass is 16.5. The molecule has 0 saturated heterocycles. The van der Waals surface area contributed by atoms with Crippen LogP contribution in [-0.2, 0) is 17.6 Å². The second-order valence-electron chi connectivity index (χ2n) is 4.99. The molecule has 0 radical (unpaired) electrons. The van der Waals surface area contributed by atoms with Gasteiger partial charge in [-0.1, -0.05) is 13.8 Å². The van der Waals surface area contributed by atoms with Crippen molar-refractivity contribution in [2.24, 2.45) is 0 Å². The molecular formula is C15H25N3O. The standard InChI is InChI=1S/C15H25N3O/c1-4-10-16-14-11-8-7-9-12(11)17-15(18-14)13(5-2)19-6-3/h13H,4-10H2,1-3H3,(H,16,17,18). The van der Waals surface area contributed by atoms with Gasteiger partial charge in [-0.3, -0.25) is 0 Å². The van der Waals surface area contributed by atoms with E-state index in [2.05, 4.69) is 19.2 Å². The molecule has 1 aliphatic rings. The molecule has 4 heteroatoms. The molecule has 0 saturated carbocycles. The number of rotatable bonds is 7. The minimum Gasteiger partial charge on any atom is -0.371 e. The van der Waals surface area contributed by atoms with Crippen molar-refractivity contribution < 1.29 is 4.74 Å². The zero-order valence-electron chi connectivity index (χ0n) is 12.3. The molecule has 19 heavy (non-hydrogen) atoms. The summed E-state index contributed by atoms with van der Waals surface area (Å²) in [7, 11) is 0. The Labute approximate surface area is 116 Å². The van der Waals surface area contributed by atoms with Crippen molar-refractivity contribution in [2.45, 2.75) is 59.0 Å². The van der Waals surface area contributed by atoms with Gasteiger partial charge in [-0.2, -0.15) is 0 Å². The van der Waals surface area contributed by atoms with Crippen LogP contribution in [0.5, 0.6) is 0 Å². The van der Waals surface area contributed by atoms with Crippen LogP contribution in [0.15, 0.2) is 0 Å². The van der Waals surface area contributed by atoms with Gasteiger partial charge >= 0.3 is 0 Å². The van der Waals surface area contributed by atoms with Crippen molar-refractivity contribution in [1.29, 1.82) is 0 Å². The quantitative estimate of drug-likeness (QED) is 0.820. The minimum atomic E-state index is 0.0260. The number of aryl methyl sites for hydroxylation is 1. The molecule has 1 aromatic rings. The lowest BCUT2D eigenvalue weighted by Gasteiger charge is -2.17. The van der Waals surface area contributed by atoms with Gasteiger partial charge in [-0.25, -0.2) is 9.97 Å². The van der Waals surface area contributed by atoms with E-state index in [9.17, 15) is 0 Å². The van der Waals surface area contributed by atoms with Gasteiger partial charge in [0.2, 0.25) is 0 Å². The molecule has 106 valence electrons. The molecule has 0 spiro atoms. The predicted octanol–water partition coefficient (Wildman–Crippen LogP) is 3.27. The van der Waals surface area contributed by atoms with E-state index < -0.39 is 0 Å². The second kappa shape index (κ2) is 6.85. The number of hydrogen-bond donors (Lipinski definition) is 1. The van der Waals surface area contributed by atoms with Crippen LogP contribution < -0.4 is 5.32 Å². The first kappa shape index (κ1) is 14.3. The number of aromatic nitrogens is 2. The number of anilines is 1. The minimum absolute atomic E-state index is 0.0260. The molecule has 0 aliphatic heterocycles. The first-order valence-electron chi connectivity index (χ1n) is 7.55. The summed E-state index contributed by atoms with van der Waals surface area (Å²) in [6.07, 6.45) is 5.43. The lowest BCUT2D eigenvalue weighted by molar-refractivity contribution is 0.0534. The van der Waals surface area contributed by atoms with E-state index in [0.717, 1.165) is 43.9 Å². The average molecular weight is 263 g/mol. The van der Waals surface area contributed by atoms with Gasteiger partial charge in [0.15, 0.2) is 5.82 Å². The van der Waals surface area contributed by atoms with Crippen LogP contribution in [0, 0.1) is 0 Å². The molecule has 0 fully saturated rings. The van der Waals surface area contributed by atoms with Gasteiger partial charge in [0.25, 0.3) is 0 Å². The summed E-state index contributed by atoms with van der Waals surface area (Å²) in [4.78, 5) is 9.46. The van der Waals surface area contributed by atoms with Crippen molar-refractivity contribution in [3.05, 3.63) is 17.1 Å². The molecule has 0 amide bonds. The van der Waals surface area contributed by atoms with Crippen LogP contribution in [0.25, 0.3) is 0 Å². The Bertz CT molecular complexity index is 420. The van der Waals surface area contributed by atoms with Crippen LogP contribution in [0.3, 0.4) is 0 Å². The Hall–Kier alpha value is -1.16. The van der Waals surface area contributed by atoms with Crippen molar-refractivity contribution in [3.63, 3.8) is 0 Å². The Kier molecular flexibility index (Phi) is 5.14. The fraction of sp³-hybridized carbons (Fsp3) is 0.733. The fourth-order valence-electron chi connectivity index (χ4n) is 2.56. The molecule has 1 unspecified atom stereocenters. The predicted molar refractivity (Wildman–Crippen MR) is 77.5 cm³/mol. The number of nitrogens with zero attached hydrogens (tertiary/aromatic N) is 2. The maximum atomic E-state index is 5.74. The van der Waals surface area contributed by atoms with E-state index in [1.165, 1.54) is 17.7 Å². The topological polar surface area (TPSA) is 47.0 Å². The third kappa shape index (κ3) is 3.24. The maximum Gasteiger partial charge on any atom is 0.159 e. The van der Waals surface area contributed by atoms with Crippen LogP contribution in [-0.4, -0.2) is 23.1 Å². The number of hydrogen-bond acceptors (Lipinski definition) is 4. The SMILES string of the molecule is CCCNc1nc(C(CC)OCC)nc2c1CCC2. The van der Waals surface area contributed by atoms with Crippen LogP contribution >= 0.6 is 0 Å². The maximum absolute atomic E-state index is 5.74. The normalized spacial score (nSPS) is 15.3. The number of fused-ring (bicyclic) bond motifs is 1. The lowest BCUT2D eigenvalue weighted by Crippen LogP contribution is -2.13. The first-order chi connectivity index (χ1) is 9.30. The third-order valence-electron chi connectivity index (χ3n) is 3.52. The Morgan fingerprint density at radius 2 is 2.05 bits per heavy atom. The van der Waals surface area contributed by atoms with E-state index in [-0.39, 0.29) is 6.10 Å². The monoisotopic (exact) mass is 263 g/mol. The van der Waals surface area contributed by atoms with Gasteiger partial charge < -0.3 is 10.1 Å². The zero-order chi connectivity index (χ0) is 13.7. The molecule has 0 aromatic carbocycles.